The summed E-state index contributed by atoms with van der Waals surface area (Å²) in [6.07, 6.45) is 0.248. The summed E-state index contributed by atoms with van der Waals surface area (Å²) < 4.78 is 18.4. The summed E-state index contributed by atoms with van der Waals surface area (Å²) in [6.45, 7) is 6.21. The predicted octanol–water partition coefficient (Wildman–Crippen LogP) is 2.38. The molecular formula is C23H30FN3O3. The molecule has 2 N–H and O–H groups in total. The Hall–Kier alpha value is -2.48. The van der Waals surface area contributed by atoms with Gasteiger partial charge < -0.3 is 15.2 Å². The number of hydrogen-bond acceptors (Lipinski definition) is 5. The first-order valence-electron chi connectivity index (χ1n) is 10.4. The number of anilines is 1. The number of piperazine rings is 1. The van der Waals surface area contributed by atoms with Crippen LogP contribution >= 0.6 is 0 Å². The molecule has 0 saturated carbocycles. The fraction of sp³-hybridized carbons (Fsp3) is 0.435. The molecule has 30 heavy (non-hydrogen) atoms. The molecule has 2 aromatic carbocycles. The standard InChI is InChI=1S/C23H30FN3O3/c1-2-18-5-3-4-6-22(18)25-23(29)16-27-13-11-26(12-14-27)15-20(28)17-30-21-9-7-19(24)8-10-21/h3-10,20,28H,2,11-17H2,1H3,(H,25,29)/t20-/m1/s1. The smallest absolute Gasteiger partial charge is 0.238 e. The van der Waals surface area contributed by atoms with Crippen molar-refractivity contribution in [2.75, 3.05) is 51.2 Å². The van der Waals surface area contributed by atoms with E-state index in [-0.39, 0.29) is 18.3 Å². The largest absolute Gasteiger partial charge is 0.491 e. The summed E-state index contributed by atoms with van der Waals surface area (Å²) in [7, 11) is 0. The van der Waals surface area contributed by atoms with E-state index in [2.05, 4.69) is 22.0 Å². The second-order valence-electron chi connectivity index (χ2n) is 7.55. The number of ether oxygens (including phenoxy) is 1. The highest BCUT2D eigenvalue weighted by Gasteiger charge is 2.21. The van der Waals surface area contributed by atoms with Crippen LogP contribution in [0.25, 0.3) is 0 Å². The number of amides is 1. The van der Waals surface area contributed by atoms with Gasteiger partial charge >= 0.3 is 0 Å². The van der Waals surface area contributed by atoms with Crippen molar-refractivity contribution in [3.05, 3.63) is 59.9 Å². The van der Waals surface area contributed by atoms with E-state index in [0.717, 1.165) is 43.9 Å². The number of aryl methyl sites for hydroxylation is 1. The zero-order valence-electron chi connectivity index (χ0n) is 17.4. The Kier molecular flexibility index (Phi) is 8.19. The molecule has 1 aliphatic rings. The topological polar surface area (TPSA) is 65.0 Å². The van der Waals surface area contributed by atoms with Crippen LogP contribution in [0.5, 0.6) is 5.75 Å². The highest BCUT2D eigenvalue weighted by atomic mass is 19.1. The van der Waals surface area contributed by atoms with Crippen LogP contribution in [0.4, 0.5) is 10.1 Å². The van der Waals surface area contributed by atoms with Gasteiger partial charge in [0.15, 0.2) is 0 Å². The van der Waals surface area contributed by atoms with Crippen LogP contribution in [0, 0.1) is 5.82 Å². The third-order valence-corrected chi connectivity index (χ3v) is 5.23. The highest BCUT2D eigenvalue weighted by Crippen LogP contribution is 2.15. The zero-order valence-corrected chi connectivity index (χ0v) is 17.4. The van der Waals surface area contributed by atoms with Crippen LogP contribution in [0.2, 0.25) is 0 Å². The van der Waals surface area contributed by atoms with Crippen LogP contribution in [0.1, 0.15) is 12.5 Å². The lowest BCUT2D eigenvalue weighted by molar-refractivity contribution is -0.117. The molecule has 1 saturated heterocycles. The van der Waals surface area contributed by atoms with E-state index in [0.29, 0.717) is 18.8 Å². The molecule has 3 rings (SSSR count). The van der Waals surface area contributed by atoms with Gasteiger partial charge in [0.25, 0.3) is 0 Å². The highest BCUT2D eigenvalue weighted by molar-refractivity contribution is 5.93. The fourth-order valence-electron chi connectivity index (χ4n) is 3.55. The van der Waals surface area contributed by atoms with Crippen molar-refractivity contribution in [1.82, 2.24) is 9.80 Å². The van der Waals surface area contributed by atoms with Crippen molar-refractivity contribution in [1.29, 1.82) is 0 Å². The van der Waals surface area contributed by atoms with Gasteiger partial charge in [-0.05, 0) is 42.3 Å². The molecule has 0 radical (unpaired) electrons. The molecule has 0 spiro atoms. The molecular weight excluding hydrogens is 385 g/mol. The Morgan fingerprint density at radius 1 is 1.10 bits per heavy atom. The number of rotatable bonds is 9. The molecule has 0 aromatic heterocycles. The van der Waals surface area contributed by atoms with Gasteiger partial charge in [-0.15, -0.1) is 0 Å². The first kappa shape index (κ1) is 22.2. The van der Waals surface area contributed by atoms with Gasteiger partial charge in [-0.2, -0.15) is 0 Å². The third kappa shape index (κ3) is 6.79. The van der Waals surface area contributed by atoms with Crippen LogP contribution in [0.3, 0.4) is 0 Å². The predicted molar refractivity (Wildman–Crippen MR) is 115 cm³/mol. The molecule has 2 aromatic rings. The minimum atomic E-state index is -0.629. The van der Waals surface area contributed by atoms with Gasteiger partial charge in [0.05, 0.1) is 6.54 Å². The Balaban J connectivity index is 1.36. The Morgan fingerprint density at radius 3 is 2.47 bits per heavy atom. The number of hydrogen-bond donors (Lipinski definition) is 2. The second kappa shape index (κ2) is 11.1. The fourth-order valence-corrected chi connectivity index (χ4v) is 3.55. The molecule has 1 amide bonds. The lowest BCUT2D eigenvalue weighted by Crippen LogP contribution is -2.50. The second-order valence-corrected chi connectivity index (χ2v) is 7.55. The van der Waals surface area contributed by atoms with Crippen LogP contribution in [-0.4, -0.2) is 72.8 Å². The molecule has 162 valence electrons. The van der Waals surface area contributed by atoms with Gasteiger partial charge in [-0.1, -0.05) is 25.1 Å². The van der Waals surface area contributed by atoms with Crippen molar-refractivity contribution in [3.63, 3.8) is 0 Å². The number of carbonyl (C=O) groups is 1. The van der Waals surface area contributed by atoms with Gasteiger partial charge in [-0.25, -0.2) is 4.39 Å². The van der Waals surface area contributed by atoms with E-state index in [9.17, 15) is 14.3 Å². The van der Waals surface area contributed by atoms with Crippen LogP contribution < -0.4 is 10.1 Å². The number of aliphatic hydroxyl groups is 1. The normalized spacial score (nSPS) is 16.2. The monoisotopic (exact) mass is 415 g/mol. The van der Waals surface area contributed by atoms with E-state index < -0.39 is 6.10 Å². The molecule has 0 unspecified atom stereocenters. The van der Waals surface area contributed by atoms with E-state index in [1.54, 1.807) is 12.1 Å². The summed E-state index contributed by atoms with van der Waals surface area (Å²) in [5, 5.41) is 13.2. The van der Waals surface area contributed by atoms with E-state index in [1.807, 2.05) is 24.3 Å². The number of nitrogens with zero attached hydrogens (tertiary/aromatic N) is 2. The van der Waals surface area contributed by atoms with Crippen molar-refractivity contribution < 1.29 is 19.0 Å². The van der Waals surface area contributed by atoms with E-state index in [1.165, 1.54) is 12.1 Å². The minimum absolute atomic E-state index is 0.00270. The number of β-amino-alcohol motifs (C(OH)–C–C–N with tert-alkyl or cyclic N) is 1. The van der Waals surface area contributed by atoms with Crippen LogP contribution in [-0.2, 0) is 11.2 Å². The van der Waals surface area contributed by atoms with Gasteiger partial charge in [-0.3, -0.25) is 14.6 Å². The SMILES string of the molecule is CCc1ccccc1NC(=O)CN1CCN(C[C@@H](O)COc2ccc(F)cc2)CC1. The summed E-state index contributed by atoms with van der Waals surface area (Å²) in [4.78, 5) is 16.7. The molecule has 7 heteroatoms. The summed E-state index contributed by atoms with van der Waals surface area (Å²) in [5.41, 5.74) is 2.01. The van der Waals surface area contributed by atoms with E-state index >= 15 is 0 Å². The van der Waals surface area contributed by atoms with Gasteiger partial charge in [0.1, 0.15) is 24.3 Å². The van der Waals surface area contributed by atoms with E-state index in [4.69, 9.17) is 4.74 Å². The van der Waals surface area contributed by atoms with Crippen molar-refractivity contribution in [3.8, 4) is 5.75 Å². The number of halogens is 1. The third-order valence-electron chi connectivity index (χ3n) is 5.23. The molecule has 1 atom stereocenters. The Bertz CT molecular complexity index is 808. The minimum Gasteiger partial charge on any atom is -0.491 e. The summed E-state index contributed by atoms with van der Waals surface area (Å²) >= 11 is 0. The van der Waals surface area contributed by atoms with Gasteiger partial charge in [0.2, 0.25) is 5.91 Å². The first-order chi connectivity index (χ1) is 14.5. The molecule has 1 heterocycles. The lowest BCUT2D eigenvalue weighted by Gasteiger charge is -2.35. The molecule has 0 bridgehead atoms. The van der Waals surface area contributed by atoms with Crippen LogP contribution in [0.15, 0.2) is 48.5 Å². The number of aliphatic hydroxyl groups excluding tert-OH is 1. The maximum Gasteiger partial charge on any atom is 0.238 e. The number of para-hydroxylation sites is 1. The molecule has 6 nitrogen and oxygen atoms in total. The van der Waals surface area contributed by atoms with Gasteiger partial charge in [0, 0.05) is 38.4 Å². The molecule has 1 fully saturated rings. The quantitative estimate of drug-likeness (QED) is 0.658. The summed E-state index contributed by atoms with van der Waals surface area (Å²) in [6, 6.07) is 13.6. The average molecular weight is 416 g/mol. The van der Waals surface area contributed by atoms with Crippen molar-refractivity contribution in [2.45, 2.75) is 19.4 Å². The summed E-state index contributed by atoms with van der Waals surface area (Å²) in [5.74, 6) is 0.219. The lowest BCUT2D eigenvalue weighted by atomic mass is 10.1. The number of carbonyl (C=O) groups excluding carboxylic acids is 1. The maximum atomic E-state index is 12.9. The first-order valence-corrected chi connectivity index (χ1v) is 10.4. The molecule has 1 aliphatic heterocycles. The maximum absolute atomic E-state index is 12.9. The number of benzene rings is 2. The average Bonchev–Trinajstić information content (AvgIpc) is 2.75. The van der Waals surface area contributed by atoms with Crippen molar-refractivity contribution >= 4 is 11.6 Å². The Morgan fingerprint density at radius 2 is 1.77 bits per heavy atom. The van der Waals surface area contributed by atoms with Crippen molar-refractivity contribution in [2.24, 2.45) is 0 Å². The molecule has 0 aliphatic carbocycles. The Labute approximate surface area is 177 Å². The number of nitrogens with one attached hydrogen (secondary N) is 1. The zero-order chi connectivity index (χ0) is 21.3.